The maximum absolute atomic E-state index is 9.50. The van der Waals surface area contributed by atoms with E-state index in [1.807, 2.05) is 36.9 Å². The molecule has 0 fully saturated rings. The number of anilines is 1. The van der Waals surface area contributed by atoms with Gasteiger partial charge in [0.05, 0.1) is 29.6 Å². The van der Waals surface area contributed by atoms with Crippen LogP contribution in [0.1, 0.15) is 48.3 Å². The van der Waals surface area contributed by atoms with Gasteiger partial charge in [0.1, 0.15) is 16.1 Å². The minimum absolute atomic E-state index is 0.246. The molecule has 0 bridgehead atoms. The molecule has 0 radical (unpaired) electrons. The minimum Gasteiger partial charge on any atom is -0.362 e. The smallest absolute Gasteiger partial charge is 0.158 e. The molecule has 0 spiro atoms. The summed E-state index contributed by atoms with van der Waals surface area (Å²) in [5.41, 5.74) is 5.58. The number of hydrogen-bond donors (Lipinski definition) is 2. The van der Waals surface area contributed by atoms with Gasteiger partial charge in [0, 0.05) is 18.1 Å². The lowest BCUT2D eigenvalue weighted by Crippen LogP contribution is -2.28. The van der Waals surface area contributed by atoms with Crippen molar-refractivity contribution in [2.45, 2.75) is 39.2 Å². The molecule has 9 heteroatoms. The Bertz CT molecular complexity index is 1430. The van der Waals surface area contributed by atoms with Crippen LogP contribution in [0.5, 0.6) is 0 Å². The van der Waals surface area contributed by atoms with Crippen molar-refractivity contribution in [1.29, 1.82) is 5.26 Å². The molecule has 1 unspecified atom stereocenters. The zero-order valence-electron chi connectivity index (χ0n) is 20.5. The van der Waals surface area contributed by atoms with Gasteiger partial charge in [-0.1, -0.05) is 67.4 Å². The van der Waals surface area contributed by atoms with Gasteiger partial charge in [-0.05, 0) is 48.6 Å². The second kappa shape index (κ2) is 11.0. The van der Waals surface area contributed by atoms with Gasteiger partial charge in [-0.15, -0.1) is 0 Å². The average molecular weight is 520 g/mol. The van der Waals surface area contributed by atoms with E-state index in [2.05, 4.69) is 58.8 Å². The van der Waals surface area contributed by atoms with Crippen LogP contribution in [0, 0.1) is 18.3 Å². The van der Waals surface area contributed by atoms with E-state index in [1.165, 1.54) is 11.6 Å². The number of nitriles is 1. The molecule has 0 aliphatic carbocycles. The maximum atomic E-state index is 9.50. The first-order valence-electron chi connectivity index (χ1n) is 11.6. The Hall–Kier alpha value is -3.60. The van der Waals surface area contributed by atoms with Gasteiger partial charge in [0.2, 0.25) is 0 Å². The molecule has 0 aliphatic rings. The zero-order valence-corrected chi connectivity index (χ0v) is 22.1. The highest BCUT2D eigenvalue weighted by Crippen LogP contribution is 2.31. The molecule has 3 heterocycles. The summed E-state index contributed by atoms with van der Waals surface area (Å²) in [6.45, 7) is 6.35. The van der Waals surface area contributed by atoms with Crippen molar-refractivity contribution in [1.82, 2.24) is 25.1 Å². The van der Waals surface area contributed by atoms with E-state index >= 15 is 0 Å². The third-order valence-electron chi connectivity index (χ3n) is 5.86. The average Bonchev–Trinajstić information content (AvgIpc) is 3.11. The van der Waals surface area contributed by atoms with E-state index in [4.69, 9.17) is 28.2 Å². The SMILES string of the molecule is Cc1nn(C)c2nc(C(Cc3ccccc3)N/C(=C\C#N)Nc3cc(Cl)nc(Cl)c3)cc(C(C)C)c12. The number of fused-ring (bicyclic) bond motifs is 1. The predicted octanol–water partition coefficient (Wildman–Crippen LogP) is 6.45. The van der Waals surface area contributed by atoms with Crippen LogP contribution in [0.2, 0.25) is 10.3 Å². The van der Waals surface area contributed by atoms with E-state index in [0.717, 1.165) is 28.0 Å². The molecule has 4 rings (SSSR count). The topological polar surface area (TPSA) is 91.5 Å². The molecule has 36 heavy (non-hydrogen) atoms. The Morgan fingerprint density at radius 2 is 1.81 bits per heavy atom. The number of aryl methyl sites for hydroxylation is 2. The summed E-state index contributed by atoms with van der Waals surface area (Å²) < 4.78 is 1.82. The second-order valence-electron chi connectivity index (χ2n) is 8.90. The second-order valence-corrected chi connectivity index (χ2v) is 9.67. The van der Waals surface area contributed by atoms with Gasteiger partial charge in [-0.25, -0.2) is 9.97 Å². The molecule has 7 nitrogen and oxygen atoms in total. The fourth-order valence-electron chi connectivity index (χ4n) is 4.27. The van der Waals surface area contributed by atoms with Gasteiger partial charge in [-0.3, -0.25) is 4.68 Å². The number of nitrogens with one attached hydrogen (secondary N) is 2. The maximum Gasteiger partial charge on any atom is 0.158 e. The van der Waals surface area contributed by atoms with Crippen molar-refractivity contribution < 1.29 is 0 Å². The molecular formula is C27H27Cl2N7. The van der Waals surface area contributed by atoms with Gasteiger partial charge < -0.3 is 10.6 Å². The summed E-state index contributed by atoms with van der Waals surface area (Å²) in [7, 11) is 1.91. The molecule has 0 amide bonds. The summed E-state index contributed by atoms with van der Waals surface area (Å²) in [6.07, 6.45) is 2.06. The normalized spacial score (nSPS) is 12.6. The van der Waals surface area contributed by atoms with Crippen molar-refractivity contribution in [3.05, 3.63) is 93.2 Å². The van der Waals surface area contributed by atoms with Gasteiger partial charge in [0.15, 0.2) is 5.65 Å². The van der Waals surface area contributed by atoms with Crippen LogP contribution < -0.4 is 10.6 Å². The first-order valence-corrected chi connectivity index (χ1v) is 12.3. The number of allylic oxidation sites excluding steroid dienone is 1. The van der Waals surface area contributed by atoms with Crippen LogP contribution in [0.3, 0.4) is 0 Å². The summed E-state index contributed by atoms with van der Waals surface area (Å²) >= 11 is 12.2. The number of hydrogen-bond acceptors (Lipinski definition) is 6. The van der Waals surface area contributed by atoms with E-state index in [1.54, 1.807) is 12.1 Å². The number of rotatable bonds is 8. The summed E-state index contributed by atoms with van der Waals surface area (Å²) in [4.78, 5) is 9.02. The Balaban J connectivity index is 1.78. The van der Waals surface area contributed by atoms with Crippen LogP contribution in [0.15, 0.2) is 60.4 Å². The Labute approximate surface area is 220 Å². The van der Waals surface area contributed by atoms with Crippen LogP contribution in [0.25, 0.3) is 11.0 Å². The molecule has 0 saturated heterocycles. The fraction of sp³-hybridized carbons (Fsp3) is 0.259. The van der Waals surface area contributed by atoms with Crippen molar-refractivity contribution in [2.24, 2.45) is 7.05 Å². The van der Waals surface area contributed by atoms with Crippen molar-refractivity contribution in [2.75, 3.05) is 5.32 Å². The van der Waals surface area contributed by atoms with E-state index in [9.17, 15) is 5.26 Å². The number of pyridine rings is 2. The lowest BCUT2D eigenvalue weighted by Gasteiger charge is -2.24. The monoisotopic (exact) mass is 519 g/mol. The fourth-order valence-corrected chi connectivity index (χ4v) is 4.73. The number of halogens is 2. The Morgan fingerprint density at radius 3 is 2.44 bits per heavy atom. The van der Waals surface area contributed by atoms with Gasteiger partial charge in [0.25, 0.3) is 0 Å². The molecule has 3 aromatic heterocycles. The summed E-state index contributed by atoms with van der Waals surface area (Å²) in [5.74, 6) is 0.772. The van der Waals surface area contributed by atoms with Gasteiger partial charge >= 0.3 is 0 Å². The molecule has 2 N–H and O–H groups in total. The molecular weight excluding hydrogens is 493 g/mol. The summed E-state index contributed by atoms with van der Waals surface area (Å²) in [6, 6.07) is 17.5. The summed E-state index contributed by atoms with van der Waals surface area (Å²) in [5, 5.41) is 22.4. The predicted molar refractivity (Wildman–Crippen MR) is 145 cm³/mol. The Morgan fingerprint density at radius 1 is 1.11 bits per heavy atom. The quantitative estimate of drug-likeness (QED) is 0.205. The lowest BCUT2D eigenvalue weighted by molar-refractivity contribution is 0.580. The van der Waals surface area contributed by atoms with Crippen molar-refractivity contribution >= 4 is 39.9 Å². The number of aromatic nitrogens is 4. The third kappa shape index (κ3) is 5.78. The van der Waals surface area contributed by atoms with Crippen LogP contribution >= 0.6 is 23.2 Å². The highest BCUT2D eigenvalue weighted by atomic mass is 35.5. The molecule has 1 aromatic carbocycles. The molecule has 184 valence electrons. The lowest BCUT2D eigenvalue weighted by atomic mass is 9.95. The highest BCUT2D eigenvalue weighted by molar-refractivity contribution is 6.32. The molecule has 0 aliphatic heterocycles. The van der Waals surface area contributed by atoms with Crippen LogP contribution in [-0.4, -0.2) is 19.7 Å². The van der Waals surface area contributed by atoms with Gasteiger partial charge in [-0.2, -0.15) is 10.4 Å². The van der Waals surface area contributed by atoms with Crippen molar-refractivity contribution in [3.8, 4) is 6.07 Å². The first-order chi connectivity index (χ1) is 17.2. The third-order valence-corrected chi connectivity index (χ3v) is 6.25. The zero-order chi connectivity index (χ0) is 25.8. The van der Waals surface area contributed by atoms with Crippen molar-refractivity contribution in [3.63, 3.8) is 0 Å². The van der Waals surface area contributed by atoms with E-state index in [-0.39, 0.29) is 22.3 Å². The minimum atomic E-state index is -0.246. The van der Waals surface area contributed by atoms with Crippen LogP contribution in [-0.2, 0) is 13.5 Å². The highest BCUT2D eigenvalue weighted by Gasteiger charge is 2.21. The van der Waals surface area contributed by atoms with E-state index < -0.39 is 0 Å². The molecule has 1 atom stereocenters. The standard InChI is InChI=1S/C27H27Cl2N7/c1-16(2)20-15-22(33-27-26(20)17(3)35-36(27)4)21(12-18-8-6-5-7-9-18)32-25(10-11-30)31-19-13-23(28)34-24(29)14-19/h5-10,13-16,21,32H,12H2,1-4H3,(H,31,34)/b25-10-. The molecule has 0 saturated carbocycles. The van der Waals surface area contributed by atoms with E-state index in [0.29, 0.717) is 17.9 Å². The largest absolute Gasteiger partial charge is 0.362 e. The number of benzene rings is 1. The van der Waals surface area contributed by atoms with Crippen LogP contribution in [0.4, 0.5) is 5.69 Å². The first kappa shape index (κ1) is 25.5. The molecule has 4 aromatic rings. The Kier molecular flexibility index (Phi) is 7.78. The number of nitrogens with zero attached hydrogens (tertiary/aromatic N) is 5.